The zero-order chi connectivity index (χ0) is 19.5. The number of carbonyl (C=O) groups excluding carboxylic acids is 1. The Morgan fingerprint density at radius 2 is 1.82 bits per heavy atom. The summed E-state index contributed by atoms with van der Waals surface area (Å²) in [5, 5.41) is 10.2. The van der Waals surface area contributed by atoms with E-state index in [1.165, 1.54) is 6.92 Å². The second kappa shape index (κ2) is 7.82. The largest absolute Gasteiger partial charge is 0.355 e. The summed E-state index contributed by atoms with van der Waals surface area (Å²) >= 11 is 6.01. The van der Waals surface area contributed by atoms with Crippen molar-refractivity contribution >= 4 is 34.6 Å². The minimum Gasteiger partial charge on any atom is -0.355 e. The van der Waals surface area contributed by atoms with Crippen LogP contribution in [0.25, 0.3) is 0 Å². The maximum atomic E-state index is 12.2. The molecule has 140 valence electrons. The standard InChI is InChI=1S/C22H19ClN4O/c1-15(28)27-22(16-5-7-18(23)8-6-16)14-21(26-27)17-3-2-4-20(13-17)25-19-9-11-24-12-10-19/h2-13,22H,14H2,1H3,(H,24,25). The van der Waals surface area contributed by atoms with E-state index in [0.29, 0.717) is 11.4 Å². The molecule has 1 aliphatic heterocycles. The van der Waals surface area contributed by atoms with Gasteiger partial charge in [0.25, 0.3) is 0 Å². The lowest BCUT2D eigenvalue weighted by molar-refractivity contribution is -0.130. The normalized spacial score (nSPS) is 16.0. The molecule has 1 amide bonds. The highest BCUT2D eigenvalue weighted by Gasteiger charge is 2.31. The van der Waals surface area contributed by atoms with Gasteiger partial charge in [-0.25, -0.2) is 5.01 Å². The predicted octanol–water partition coefficient (Wildman–Crippen LogP) is 5.18. The first-order valence-electron chi connectivity index (χ1n) is 9.00. The lowest BCUT2D eigenvalue weighted by Gasteiger charge is -2.20. The van der Waals surface area contributed by atoms with Gasteiger partial charge in [0.05, 0.1) is 11.8 Å². The number of rotatable bonds is 4. The number of hydrazone groups is 1. The third-order valence-corrected chi connectivity index (χ3v) is 4.90. The number of carbonyl (C=O) groups is 1. The molecule has 28 heavy (non-hydrogen) atoms. The van der Waals surface area contributed by atoms with Crippen molar-refractivity contribution in [2.75, 3.05) is 5.32 Å². The van der Waals surface area contributed by atoms with Gasteiger partial charge >= 0.3 is 0 Å². The number of nitrogens with one attached hydrogen (secondary N) is 1. The van der Waals surface area contributed by atoms with E-state index in [1.54, 1.807) is 17.4 Å². The summed E-state index contributed by atoms with van der Waals surface area (Å²) in [6.45, 7) is 1.54. The van der Waals surface area contributed by atoms with Crippen LogP contribution in [0.15, 0.2) is 78.2 Å². The number of hydrogen-bond donors (Lipinski definition) is 1. The molecule has 0 saturated carbocycles. The Kier molecular flexibility index (Phi) is 5.08. The highest BCUT2D eigenvalue weighted by Crippen LogP contribution is 2.33. The van der Waals surface area contributed by atoms with Crippen LogP contribution in [0.3, 0.4) is 0 Å². The Balaban J connectivity index is 1.60. The van der Waals surface area contributed by atoms with E-state index in [0.717, 1.165) is 28.2 Å². The molecule has 0 bridgehead atoms. The number of benzene rings is 2. The smallest absolute Gasteiger partial charge is 0.240 e. The number of nitrogens with zero attached hydrogens (tertiary/aromatic N) is 3. The van der Waals surface area contributed by atoms with Crippen LogP contribution in [0.4, 0.5) is 11.4 Å². The molecule has 4 rings (SSSR count). The number of anilines is 2. The van der Waals surface area contributed by atoms with Crippen LogP contribution in [-0.4, -0.2) is 21.6 Å². The molecular formula is C22H19ClN4O. The monoisotopic (exact) mass is 390 g/mol. The molecule has 2 heterocycles. The SMILES string of the molecule is CC(=O)N1N=C(c2cccc(Nc3ccncc3)c2)CC1c1ccc(Cl)cc1. The first-order valence-corrected chi connectivity index (χ1v) is 9.38. The molecule has 5 nitrogen and oxygen atoms in total. The van der Waals surface area contributed by atoms with Crippen LogP contribution in [0, 0.1) is 0 Å². The fourth-order valence-corrected chi connectivity index (χ4v) is 3.42. The molecule has 2 aromatic carbocycles. The molecular weight excluding hydrogens is 372 g/mol. The maximum Gasteiger partial charge on any atom is 0.240 e. The van der Waals surface area contributed by atoms with Crippen LogP contribution >= 0.6 is 11.6 Å². The number of amides is 1. The molecule has 0 aliphatic carbocycles. The van der Waals surface area contributed by atoms with E-state index in [1.807, 2.05) is 60.7 Å². The number of hydrogen-bond acceptors (Lipinski definition) is 4. The van der Waals surface area contributed by atoms with Crippen LogP contribution in [0.5, 0.6) is 0 Å². The van der Waals surface area contributed by atoms with Gasteiger partial charge in [0.1, 0.15) is 0 Å². The third-order valence-electron chi connectivity index (χ3n) is 4.65. The van der Waals surface area contributed by atoms with E-state index in [4.69, 9.17) is 11.6 Å². The first-order chi connectivity index (χ1) is 13.6. The zero-order valence-corrected chi connectivity index (χ0v) is 16.1. The average molecular weight is 391 g/mol. The van der Waals surface area contributed by atoms with Crippen LogP contribution < -0.4 is 5.32 Å². The second-order valence-corrected chi connectivity index (χ2v) is 7.06. The van der Waals surface area contributed by atoms with Crippen molar-refractivity contribution in [1.82, 2.24) is 9.99 Å². The molecule has 1 unspecified atom stereocenters. The highest BCUT2D eigenvalue weighted by atomic mass is 35.5. The Morgan fingerprint density at radius 3 is 2.54 bits per heavy atom. The minimum atomic E-state index is -0.124. The van der Waals surface area contributed by atoms with Gasteiger partial charge in [0.15, 0.2) is 0 Å². The highest BCUT2D eigenvalue weighted by molar-refractivity contribution is 6.30. The van der Waals surface area contributed by atoms with Crippen molar-refractivity contribution < 1.29 is 4.79 Å². The summed E-state index contributed by atoms with van der Waals surface area (Å²) in [6.07, 6.45) is 4.14. The molecule has 0 saturated heterocycles. The second-order valence-electron chi connectivity index (χ2n) is 6.62. The fraction of sp³-hybridized carbons (Fsp3) is 0.136. The maximum absolute atomic E-state index is 12.2. The van der Waals surface area contributed by atoms with Gasteiger partial charge in [-0.1, -0.05) is 35.9 Å². The molecule has 0 spiro atoms. The summed E-state index contributed by atoms with van der Waals surface area (Å²) in [5.41, 5.74) is 4.81. The van der Waals surface area contributed by atoms with Crippen molar-refractivity contribution in [2.24, 2.45) is 5.10 Å². The molecule has 6 heteroatoms. The van der Waals surface area contributed by atoms with E-state index < -0.39 is 0 Å². The summed E-state index contributed by atoms with van der Waals surface area (Å²) in [7, 11) is 0. The third kappa shape index (κ3) is 3.89. The Labute approximate surface area is 168 Å². The topological polar surface area (TPSA) is 57.6 Å². The van der Waals surface area contributed by atoms with Gasteiger partial charge in [-0.2, -0.15) is 5.10 Å². The minimum absolute atomic E-state index is 0.0824. The van der Waals surface area contributed by atoms with Crippen molar-refractivity contribution in [3.63, 3.8) is 0 Å². The van der Waals surface area contributed by atoms with Gasteiger partial charge in [0, 0.05) is 42.1 Å². The summed E-state index contributed by atoms with van der Waals surface area (Å²) in [5.74, 6) is -0.0824. The van der Waals surface area contributed by atoms with E-state index in [2.05, 4.69) is 15.4 Å². The number of aromatic nitrogens is 1. The van der Waals surface area contributed by atoms with E-state index in [9.17, 15) is 4.79 Å². The summed E-state index contributed by atoms with van der Waals surface area (Å²) in [6, 6.07) is 19.3. The molecule has 1 aromatic heterocycles. The van der Waals surface area contributed by atoms with Crippen LogP contribution in [0.2, 0.25) is 5.02 Å². The van der Waals surface area contributed by atoms with Gasteiger partial charge in [0.2, 0.25) is 5.91 Å². The molecule has 1 aliphatic rings. The first kappa shape index (κ1) is 18.2. The lowest BCUT2D eigenvalue weighted by atomic mass is 9.98. The fourth-order valence-electron chi connectivity index (χ4n) is 3.30. The lowest BCUT2D eigenvalue weighted by Crippen LogP contribution is -2.24. The number of halogens is 1. The molecule has 3 aromatic rings. The molecule has 1 atom stereocenters. The zero-order valence-electron chi connectivity index (χ0n) is 15.3. The Morgan fingerprint density at radius 1 is 1.07 bits per heavy atom. The molecule has 1 N–H and O–H groups in total. The van der Waals surface area contributed by atoms with Crippen LogP contribution in [-0.2, 0) is 4.79 Å². The van der Waals surface area contributed by atoms with E-state index >= 15 is 0 Å². The number of pyridine rings is 1. The van der Waals surface area contributed by atoms with Crippen molar-refractivity contribution in [1.29, 1.82) is 0 Å². The van der Waals surface area contributed by atoms with Crippen LogP contribution in [0.1, 0.15) is 30.5 Å². The van der Waals surface area contributed by atoms with Crippen molar-refractivity contribution in [3.05, 3.63) is 89.2 Å². The van der Waals surface area contributed by atoms with Gasteiger partial charge < -0.3 is 5.32 Å². The van der Waals surface area contributed by atoms with Crippen molar-refractivity contribution in [2.45, 2.75) is 19.4 Å². The van der Waals surface area contributed by atoms with E-state index in [-0.39, 0.29) is 11.9 Å². The summed E-state index contributed by atoms with van der Waals surface area (Å²) in [4.78, 5) is 16.2. The predicted molar refractivity (Wildman–Crippen MR) is 112 cm³/mol. The van der Waals surface area contributed by atoms with Crippen molar-refractivity contribution in [3.8, 4) is 0 Å². The van der Waals surface area contributed by atoms with Gasteiger partial charge in [-0.3, -0.25) is 9.78 Å². The summed E-state index contributed by atoms with van der Waals surface area (Å²) < 4.78 is 0. The van der Waals surface area contributed by atoms with Gasteiger partial charge in [-0.05, 0) is 47.5 Å². The average Bonchev–Trinajstić information content (AvgIpc) is 3.15. The Hall–Kier alpha value is -3.18. The Bertz CT molecular complexity index is 1020. The quantitative estimate of drug-likeness (QED) is 0.668. The molecule has 0 radical (unpaired) electrons. The van der Waals surface area contributed by atoms with Gasteiger partial charge in [-0.15, -0.1) is 0 Å². The molecule has 0 fully saturated rings.